The number of rotatable bonds is 11. The zero-order valence-electron chi connectivity index (χ0n) is 12.9. The van der Waals surface area contributed by atoms with Crippen LogP contribution in [0.5, 0.6) is 0 Å². The van der Waals surface area contributed by atoms with Crippen LogP contribution in [-0.4, -0.2) is 40.1 Å². The lowest BCUT2D eigenvalue weighted by Crippen LogP contribution is -2.41. The predicted octanol–water partition coefficient (Wildman–Crippen LogP) is 5.02. The van der Waals surface area contributed by atoms with Gasteiger partial charge in [-0.15, -0.1) is 11.8 Å². The molecule has 0 radical (unpaired) electrons. The Morgan fingerprint density at radius 2 is 1.73 bits per heavy atom. The quantitative estimate of drug-likeness (QED) is 0.420. The van der Waals surface area contributed by atoms with Crippen molar-refractivity contribution in [1.82, 2.24) is 0 Å². The van der Waals surface area contributed by atoms with Gasteiger partial charge >= 0.3 is 5.97 Å². The van der Waals surface area contributed by atoms with Gasteiger partial charge in [0.2, 0.25) is 6.17 Å². The topological polar surface area (TPSA) is 37.3 Å². The van der Waals surface area contributed by atoms with E-state index in [-0.39, 0.29) is 18.1 Å². The molecule has 2 unspecified atom stereocenters. The van der Waals surface area contributed by atoms with Crippen molar-refractivity contribution in [2.45, 2.75) is 69.7 Å². The Morgan fingerprint density at radius 3 is 2.09 bits per heavy atom. The number of alkyl halides is 5. The molecule has 0 amide bonds. The minimum absolute atomic E-state index is 0.0516. The smallest absolute Gasteiger partial charge is 0.320 e. The van der Waals surface area contributed by atoms with Crippen molar-refractivity contribution in [3.63, 3.8) is 0 Å². The van der Waals surface area contributed by atoms with Crippen molar-refractivity contribution in [3.8, 4) is 0 Å². The molecule has 0 rings (SSSR count). The van der Waals surface area contributed by atoms with E-state index in [9.17, 15) is 31.9 Å². The molecule has 0 heterocycles. The van der Waals surface area contributed by atoms with Crippen LogP contribution in [0.1, 0.15) is 46.5 Å². The lowest BCUT2D eigenvalue weighted by Gasteiger charge is -2.33. The van der Waals surface area contributed by atoms with E-state index in [1.807, 2.05) is 6.92 Å². The molecule has 0 aliphatic rings. The molecule has 2 nitrogen and oxygen atoms in total. The van der Waals surface area contributed by atoms with Crippen LogP contribution in [0.2, 0.25) is 0 Å². The lowest BCUT2D eigenvalue weighted by molar-refractivity contribution is -0.141. The second-order valence-electron chi connectivity index (χ2n) is 5.55. The van der Waals surface area contributed by atoms with Gasteiger partial charge in [0.05, 0.1) is 0 Å². The fourth-order valence-corrected chi connectivity index (χ4v) is 3.66. The minimum atomic E-state index is -4.09. The van der Waals surface area contributed by atoms with Gasteiger partial charge < -0.3 is 5.11 Å². The first-order valence-electron chi connectivity index (χ1n) is 7.18. The van der Waals surface area contributed by atoms with Gasteiger partial charge in [-0.2, -0.15) is 0 Å². The van der Waals surface area contributed by atoms with Gasteiger partial charge in [-0.1, -0.05) is 27.2 Å². The highest BCUT2D eigenvalue weighted by Gasteiger charge is 2.46. The van der Waals surface area contributed by atoms with Crippen molar-refractivity contribution < 1.29 is 31.9 Å². The first-order chi connectivity index (χ1) is 10.0. The van der Waals surface area contributed by atoms with Gasteiger partial charge in [0, 0.05) is 6.42 Å². The maximum absolute atomic E-state index is 13.2. The monoisotopic (exact) mass is 350 g/mol. The Morgan fingerprint density at radius 1 is 1.18 bits per heavy atom. The van der Waals surface area contributed by atoms with E-state index in [0.717, 1.165) is 11.8 Å². The first kappa shape index (κ1) is 21.5. The molecule has 0 spiro atoms. The standard InChI is InChI=1S/C14H23F5O2S/c1-4-6-13(9(2)3,12(20)21)22-8-5-7-14(18,19)10(15)11(16)17/h9-11H,4-8H2,1-3H3,(H,20,21). The Labute approximate surface area is 131 Å². The summed E-state index contributed by atoms with van der Waals surface area (Å²) < 4.78 is 62.0. The largest absolute Gasteiger partial charge is 0.480 e. The van der Waals surface area contributed by atoms with Crippen molar-refractivity contribution in [2.24, 2.45) is 5.92 Å². The summed E-state index contributed by atoms with van der Waals surface area (Å²) in [5.41, 5.74) is 0. The van der Waals surface area contributed by atoms with E-state index >= 15 is 0 Å². The van der Waals surface area contributed by atoms with Crippen molar-refractivity contribution >= 4 is 17.7 Å². The van der Waals surface area contributed by atoms with Crippen LogP contribution in [0.15, 0.2) is 0 Å². The van der Waals surface area contributed by atoms with Crippen molar-refractivity contribution in [1.29, 1.82) is 0 Å². The maximum atomic E-state index is 13.2. The lowest BCUT2D eigenvalue weighted by atomic mass is 9.90. The molecule has 0 aromatic heterocycles. The highest BCUT2D eigenvalue weighted by molar-refractivity contribution is 8.01. The molecule has 0 bridgehead atoms. The summed E-state index contributed by atoms with van der Waals surface area (Å²) >= 11 is 1.03. The third-order valence-electron chi connectivity index (χ3n) is 3.55. The average Bonchev–Trinajstić information content (AvgIpc) is 2.40. The number of carbonyl (C=O) groups is 1. The van der Waals surface area contributed by atoms with Crippen LogP contribution in [-0.2, 0) is 4.79 Å². The fourth-order valence-electron chi connectivity index (χ4n) is 2.20. The third kappa shape index (κ3) is 5.59. The molecule has 0 aliphatic carbocycles. The molecule has 0 aromatic carbocycles. The molecule has 0 fully saturated rings. The number of aliphatic carboxylic acids is 1. The Hall–Kier alpha value is -0.530. The van der Waals surface area contributed by atoms with E-state index in [1.54, 1.807) is 13.8 Å². The van der Waals surface area contributed by atoms with Crippen LogP contribution in [0, 0.1) is 5.92 Å². The molecular weight excluding hydrogens is 327 g/mol. The molecule has 0 aromatic rings. The summed E-state index contributed by atoms with van der Waals surface area (Å²) in [6, 6.07) is 0. The number of halogens is 5. The molecule has 132 valence electrons. The van der Waals surface area contributed by atoms with Crippen LogP contribution >= 0.6 is 11.8 Å². The van der Waals surface area contributed by atoms with Crippen molar-refractivity contribution in [3.05, 3.63) is 0 Å². The third-order valence-corrected chi connectivity index (χ3v) is 5.41. The van der Waals surface area contributed by atoms with Crippen LogP contribution in [0.25, 0.3) is 0 Å². The summed E-state index contributed by atoms with van der Waals surface area (Å²) in [5, 5.41) is 9.42. The van der Waals surface area contributed by atoms with Gasteiger partial charge in [-0.3, -0.25) is 4.79 Å². The SMILES string of the molecule is CCCC(SCCCC(F)(F)C(F)C(F)F)(C(=O)O)C(C)C. The minimum Gasteiger partial charge on any atom is -0.480 e. The molecular formula is C14H23F5O2S. The van der Waals surface area contributed by atoms with Gasteiger partial charge in [0.1, 0.15) is 4.75 Å². The fraction of sp³-hybridized carbons (Fsp3) is 0.929. The number of carboxylic acid groups (broad SMARTS) is 1. The summed E-state index contributed by atoms with van der Waals surface area (Å²) in [6.07, 6.45) is -7.46. The zero-order chi connectivity index (χ0) is 17.6. The summed E-state index contributed by atoms with van der Waals surface area (Å²) in [6.45, 7) is 5.30. The second-order valence-corrected chi connectivity index (χ2v) is 6.97. The Kier molecular flexibility index (Phi) is 8.72. The van der Waals surface area contributed by atoms with E-state index in [2.05, 4.69) is 0 Å². The molecule has 0 saturated heterocycles. The van der Waals surface area contributed by atoms with Gasteiger partial charge in [-0.05, 0) is 24.5 Å². The number of carboxylic acids is 1. The molecule has 0 aliphatic heterocycles. The zero-order valence-corrected chi connectivity index (χ0v) is 13.7. The van der Waals surface area contributed by atoms with Gasteiger partial charge in [-0.25, -0.2) is 22.0 Å². The van der Waals surface area contributed by atoms with Crippen LogP contribution in [0.4, 0.5) is 22.0 Å². The molecule has 1 N–H and O–H groups in total. The Balaban J connectivity index is 4.62. The highest BCUT2D eigenvalue weighted by Crippen LogP contribution is 2.39. The summed E-state index contributed by atoms with van der Waals surface area (Å²) in [5.74, 6) is -5.28. The number of thioether (sulfide) groups is 1. The second kappa shape index (κ2) is 8.93. The van der Waals surface area contributed by atoms with E-state index in [4.69, 9.17) is 0 Å². The van der Waals surface area contributed by atoms with Crippen molar-refractivity contribution in [2.75, 3.05) is 5.75 Å². The highest BCUT2D eigenvalue weighted by atomic mass is 32.2. The molecule has 2 atom stereocenters. The number of hydrogen-bond acceptors (Lipinski definition) is 2. The summed E-state index contributed by atoms with van der Waals surface area (Å²) in [4.78, 5) is 11.5. The Bertz CT molecular complexity index is 352. The normalized spacial score (nSPS) is 16.8. The maximum Gasteiger partial charge on any atom is 0.320 e. The molecule has 8 heteroatoms. The number of hydrogen-bond donors (Lipinski definition) is 1. The first-order valence-corrected chi connectivity index (χ1v) is 8.17. The van der Waals surface area contributed by atoms with Gasteiger partial charge in [0.25, 0.3) is 12.3 Å². The van der Waals surface area contributed by atoms with E-state index < -0.39 is 35.7 Å². The van der Waals surface area contributed by atoms with Crippen LogP contribution < -0.4 is 0 Å². The predicted molar refractivity (Wildman–Crippen MR) is 77.7 cm³/mol. The van der Waals surface area contributed by atoms with E-state index in [1.165, 1.54) is 0 Å². The molecule has 0 saturated carbocycles. The molecule has 22 heavy (non-hydrogen) atoms. The summed E-state index contributed by atoms with van der Waals surface area (Å²) in [7, 11) is 0. The van der Waals surface area contributed by atoms with E-state index in [0.29, 0.717) is 12.8 Å². The average molecular weight is 350 g/mol. The van der Waals surface area contributed by atoms with Gasteiger partial charge in [0.15, 0.2) is 0 Å². The van der Waals surface area contributed by atoms with Crippen LogP contribution in [0.3, 0.4) is 0 Å².